The fourth-order valence-electron chi connectivity index (χ4n) is 2.10. The predicted molar refractivity (Wildman–Crippen MR) is 103 cm³/mol. The molecule has 0 saturated carbocycles. The molecule has 0 fully saturated rings. The van der Waals surface area contributed by atoms with Gasteiger partial charge in [0.2, 0.25) is 0 Å². The molecule has 29 heavy (non-hydrogen) atoms. The molecule has 0 bridgehead atoms. The van der Waals surface area contributed by atoms with Crippen LogP contribution in [0.4, 0.5) is 32.0 Å². The van der Waals surface area contributed by atoms with Gasteiger partial charge in [-0.3, -0.25) is 0 Å². The van der Waals surface area contributed by atoms with Crippen LogP contribution in [0.1, 0.15) is 11.1 Å². The molecule has 2 aromatic rings. The van der Waals surface area contributed by atoms with E-state index in [1.807, 2.05) is 0 Å². The molecular weight excluding hydrogens is 465 g/mol. The zero-order valence-electron chi connectivity index (χ0n) is 14.2. The van der Waals surface area contributed by atoms with Crippen molar-refractivity contribution < 1.29 is 31.1 Å². The van der Waals surface area contributed by atoms with E-state index in [-0.39, 0.29) is 24.3 Å². The van der Waals surface area contributed by atoms with Crippen LogP contribution in [-0.4, -0.2) is 18.3 Å². The number of anilines is 1. The molecule has 0 unspecified atom stereocenters. The Hall–Kier alpha value is -1.91. The van der Waals surface area contributed by atoms with E-state index in [1.54, 1.807) is 6.07 Å². The average molecular weight is 477 g/mol. The molecule has 0 aliphatic carbocycles. The number of nitrogens with one attached hydrogen (secondary N) is 2. The van der Waals surface area contributed by atoms with E-state index in [1.165, 1.54) is 12.1 Å². The summed E-state index contributed by atoms with van der Waals surface area (Å²) in [5, 5.41) is 5.39. The third-order valence-corrected chi connectivity index (χ3v) is 4.38. The van der Waals surface area contributed by atoms with Gasteiger partial charge in [-0.25, -0.2) is 0 Å². The summed E-state index contributed by atoms with van der Waals surface area (Å²) in [6.45, 7) is 0.216. The number of hydrogen-bond donors (Lipinski definition) is 2. The highest BCUT2D eigenvalue weighted by Gasteiger charge is 2.37. The van der Waals surface area contributed by atoms with Gasteiger partial charge in [-0.1, -0.05) is 23.2 Å². The molecule has 2 rings (SSSR count). The second-order valence-corrected chi connectivity index (χ2v) is 6.82. The molecule has 12 heteroatoms. The van der Waals surface area contributed by atoms with Gasteiger partial charge in [-0.2, -0.15) is 26.3 Å². The van der Waals surface area contributed by atoms with Crippen LogP contribution in [0.25, 0.3) is 0 Å². The Balaban J connectivity index is 1.96. The van der Waals surface area contributed by atoms with Gasteiger partial charge in [-0.05, 0) is 42.5 Å². The van der Waals surface area contributed by atoms with Crippen LogP contribution in [0.15, 0.2) is 36.4 Å². The zero-order chi connectivity index (χ0) is 21.8. The summed E-state index contributed by atoms with van der Waals surface area (Å²) in [4.78, 5) is 0. The van der Waals surface area contributed by atoms with Crippen molar-refractivity contribution in [2.24, 2.45) is 0 Å². The van der Waals surface area contributed by atoms with Gasteiger partial charge >= 0.3 is 12.4 Å². The fraction of sp³-hybridized carbons (Fsp3) is 0.235. The molecule has 158 valence electrons. The molecule has 3 nitrogen and oxygen atoms in total. The summed E-state index contributed by atoms with van der Waals surface area (Å²) >= 11 is 16.5. The van der Waals surface area contributed by atoms with Gasteiger partial charge < -0.3 is 15.4 Å². The quantitative estimate of drug-likeness (QED) is 0.297. The SMILES string of the molecule is FC(F)(F)c1cc(NC(=S)NCCOc2ccc(Cl)c(Cl)c2)cc(C(F)(F)F)c1. The highest BCUT2D eigenvalue weighted by atomic mass is 35.5. The summed E-state index contributed by atoms with van der Waals surface area (Å²) in [6, 6.07) is 5.70. The van der Waals surface area contributed by atoms with Gasteiger partial charge in [0.25, 0.3) is 0 Å². The van der Waals surface area contributed by atoms with Crippen LogP contribution < -0.4 is 15.4 Å². The molecule has 0 saturated heterocycles. The standard InChI is InChI=1S/C17H12Cl2F6N2OS/c18-13-2-1-12(8-14(13)19)28-4-3-26-15(29)27-11-6-9(16(20,21)22)5-10(7-11)17(23,24)25/h1-2,5-8H,3-4H2,(H2,26,27,29). The van der Waals surface area contributed by atoms with E-state index in [0.717, 1.165) is 0 Å². The third-order valence-electron chi connectivity index (χ3n) is 3.39. The maximum Gasteiger partial charge on any atom is 0.416 e. The van der Waals surface area contributed by atoms with Crippen molar-refractivity contribution in [1.82, 2.24) is 5.32 Å². The molecule has 0 amide bonds. The van der Waals surface area contributed by atoms with Crippen molar-refractivity contribution in [3.63, 3.8) is 0 Å². The van der Waals surface area contributed by atoms with E-state index in [4.69, 9.17) is 40.2 Å². The molecule has 0 aliphatic rings. The minimum atomic E-state index is -4.94. The second kappa shape index (κ2) is 9.27. The van der Waals surface area contributed by atoms with Crippen LogP contribution in [0, 0.1) is 0 Å². The molecule has 0 heterocycles. The molecule has 0 aliphatic heterocycles. The first-order valence-corrected chi connectivity index (χ1v) is 8.95. The van der Waals surface area contributed by atoms with Gasteiger partial charge in [0.05, 0.1) is 27.7 Å². The van der Waals surface area contributed by atoms with Crippen molar-refractivity contribution >= 4 is 46.2 Å². The van der Waals surface area contributed by atoms with E-state index in [0.29, 0.717) is 27.9 Å². The van der Waals surface area contributed by atoms with Gasteiger partial charge in [0.15, 0.2) is 5.11 Å². The van der Waals surface area contributed by atoms with Gasteiger partial charge in [0.1, 0.15) is 12.4 Å². The number of hydrogen-bond acceptors (Lipinski definition) is 2. The number of rotatable bonds is 5. The Bertz CT molecular complexity index is 857. The lowest BCUT2D eigenvalue weighted by atomic mass is 10.1. The Morgan fingerprint density at radius 1 is 0.897 bits per heavy atom. The highest BCUT2D eigenvalue weighted by molar-refractivity contribution is 7.80. The number of thiocarbonyl (C=S) groups is 1. The van der Waals surface area contributed by atoms with Crippen LogP contribution in [0.5, 0.6) is 5.75 Å². The van der Waals surface area contributed by atoms with Crippen LogP contribution in [-0.2, 0) is 12.4 Å². The van der Waals surface area contributed by atoms with Crippen molar-refractivity contribution in [3.05, 3.63) is 57.6 Å². The van der Waals surface area contributed by atoms with Crippen molar-refractivity contribution in [1.29, 1.82) is 0 Å². The first kappa shape index (κ1) is 23.4. The molecular formula is C17H12Cl2F6N2OS. The Morgan fingerprint density at radius 3 is 2.00 bits per heavy atom. The Kier molecular flexibility index (Phi) is 7.47. The number of benzene rings is 2. The second-order valence-electron chi connectivity index (χ2n) is 5.60. The van der Waals surface area contributed by atoms with Crippen molar-refractivity contribution in [2.45, 2.75) is 12.4 Å². The lowest BCUT2D eigenvalue weighted by Gasteiger charge is -2.16. The smallest absolute Gasteiger partial charge is 0.416 e. The molecule has 0 radical (unpaired) electrons. The first-order chi connectivity index (χ1) is 13.4. The van der Waals surface area contributed by atoms with Crippen LogP contribution in [0.3, 0.4) is 0 Å². The predicted octanol–water partition coefficient (Wildman–Crippen LogP) is 6.40. The van der Waals surface area contributed by atoms with Gasteiger partial charge in [0, 0.05) is 11.8 Å². The van der Waals surface area contributed by atoms with E-state index >= 15 is 0 Å². The largest absolute Gasteiger partial charge is 0.492 e. The molecule has 0 aromatic heterocycles. The molecule has 0 atom stereocenters. The molecule has 0 spiro atoms. The minimum absolute atomic E-state index is 0.0345. The monoisotopic (exact) mass is 476 g/mol. The minimum Gasteiger partial charge on any atom is -0.492 e. The van der Waals surface area contributed by atoms with Crippen molar-refractivity contribution in [2.75, 3.05) is 18.5 Å². The lowest BCUT2D eigenvalue weighted by Crippen LogP contribution is -2.32. The number of halogens is 8. The van der Waals surface area contributed by atoms with Crippen LogP contribution in [0.2, 0.25) is 10.0 Å². The van der Waals surface area contributed by atoms with E-state index < -0.39 is 29.2 Å². The van der Waals surface area contributed by atoms with Crippen LogP contribution >= 0.6 is 35.4 Å². The lowest BCUT2D eigenvalue weighted by molar-refractivity contribution is -0.143. The topological polar surface area (TPSA) is 33.3 Å². The fourth-order valence-corrected chi connectivity index (χ4v) is 2.61. The Labute approximate surface area is 176 Å². The average Bonchev–Trinajstić information content (AvgIpc) is 2.60. The summed E-state index contributed by atoms with van der Waals surface area (Å²) in [5.41, 5.74) is -3.34. The normalized spacial score (nSPS) is 11.9. The maximum atomic E-state index is 12.9. The molecule has 2 N–H and O–H groups in total. The zero-order valence-corrected chi connectivity index (χ0v) is 16.5. The maximum absolute atomic E-state index is 12.9. The Morgan fingerprint density at radius 2 is 1.48 bits per heavy atom. The number of alkyl halides is 6. The van der Waals surface area contributed by atoms with Crippen molar-refractivity contribution in [3.8, 4) is 5.75 Å². The third kappa shape index (κ3) is 7.13. The summed E-state index contributed by atoms with van der Waals surface area (Å²) in [5.74, 6) is 0.424. The highest BCUT2D eigenvalue weighted by Crippen LogP contribution is 2.37. The summed E-state index contributed by atoms with van der Waals surface area (Å²) in [7, 11) is 0. The number of ether oxygens (including phenoxy) is 1. The summed E-state index contributed by atoms with van der Waals surface area (Å²) < 4.78 is 82.5. The first-order valence-electron chi connectivity index (χ1n) is 7.78. The van der Waals surface area contributed by atoms with E-state index in [9.17, 15) is 26.3 Å². The molecule has 2 aromatic carbocycles. The summed E-state index contributed by atoms with van der Waals surface area (Å²) in [6.07, 6.45) is -9.89. The van der Waals surface area contributed by atoms with E-state index in [2.05, 4.69) is 10.6 Å². The van der Waals surface area contributed by atoms with Gasteiger partial charge in [-0.15, -0.1) is 0 Å².